The van der Waals surface area contributed by atoms with Crippen molar-refractivity contribution in [1.82, 2.24) is 9.97 Å². The normalized spacial score (nSPS) is 10.8. The maximum absolute atomic E-state index is 13.2. The zero-order valence-electron chi connectivity index (χ0n) is 10.6. The number of halogens is 2. The van der Waals surface area contributed by atoms with Gasteiger partial charge in [0.2, 0.25) is 0 Å². The minimum absolute atomic E-state index is 0.546. The zero-order valence-corrected chi connectivity index (χ0v) is 11.4. The van der Waals surface area contributed by atoms with Crippen LogP contribution in [0.15, 0.2) is 41.9 Å². The molecule has 2 heterocycles. The first-order valence-corrected chi connectivity index (χ1v) is 6.85. The molecule has 0 fully saturated rings. The van der Waals surface area contributed by atoms with Crippen LogP contribution in [0.4, 0.5) is 8.78 Å². The molecule has 0 bridgehead atoms. The lowest BCUT2D eigenvalue weighted by atomic mass is 10.1. The number of thiazole rings is 1. The molecular formula is C15H10F2N2S. The fourth-order valence-corrected chi connectivity index (χ4v) is 2.49. The Kier molecular flexibility index (Phi) is 3.28. The molecule has 0 unspecified atom stereocenters. The first kappa shape index (κ1) is 12.9. The molecular weight excluding hydrogens is 278 g/mol. The van der Waals surface area contributed by atoms with Crippen molar-refractivity contribution in [2.75, 3.05) is 0 Å². The molecule has 20 heavy (non-hydrogen) atoms. The average molecular weight is 288 g/mol. The van der Waals surface area contributed by atoms with Crippen molar-refractivity contribution >= 4 is 11.3 Å². The minimum atomic E-state index is -0.872. The summed E-state index contributed by atoms with van der Waals surface area (Å²) >= 11 is 1.57. The molecule has 0 aliphatic heterocycles. The molecule has 0 saturated carbocycles. The Hall–Kier alpha value is -2.14. The molecule has 2 nitrogen and oxygen atoms in total. The van der Waals surface area contributed by atoms with Crippen molar-refractivity contribution in [3.63, 3.8) is 0 Å². The van der Waals surface area contributed by atoms with Gasteiger partial charge in [-0.2, -0.15) is 0 Å². The Morgan fingerprint density at radius 3 is 2.35 bits per heavy atom. The molecule has 0 aliphatic carbocycles. The number of hydrogen-bond acceptors (Lipinski definition) is 3. The van der Waals surface area contributed by atoms with Gasteiger partial charge in [0.25, 0.3) is 0 Å². The van der Waals surface area contributed by atoms with E-state index in [9.17, 15) is 8.78 Å². The first-order valence-electron chi connectivity index (χ1n) is 5.97. The topological polar surface area (TPSA) is 25.8 Å². The summed E-state index contributed by atoms with van der Waals surface area (Å²) in [6.07, 6.45) is 1.69. The summed E-state index contributed by atoms with van der Waals surface area (Å²) in [5.41, 5.74) is 2.92. The van der Waals surface area contributed by atoms with Gasteiger partial charge in [-0.1, -0.05) is 0 Å². The second-order valence-corrected chi connectivity index (χ2v) is 5.37. The molecule has 3 rings (SSSR count). The van der Waals surface area contributed by atoms with Crippen molar-refractivity contribution in [1.29, 1.82) is 0 Å². The van der Waals surface area contributed by atoms with Gasteiger partial charge >= 0.3 is 0 Å². The van der Waals surface area contributed by atoms with E-state index in [0.29, 0.717) is 11.3 Å². The number of rotatable bonds is 2. The third kappa shape index (κ3) is 2.44. The van der Waals surface area contributed by atoms with Gasteiger partial charge < -0.3 is 0 Å². The predicted octanol–water partition coefficient (Wildman–Crippen LogP) is 4.46. The molecule has 0 saturated heterocycles. The van der Waals surface area contributed by atoms with Gasteiger partial charge in [-0.25, -0.2) is 13.8 Å². The van der Waals surface area contributed by atoms with Gasteiger partial charge in [0.05, 0.1) is 16.4 Å². The predicted molar refractivity (Wildman–Crippen MR) is 75.4 cm³/mol. The van der Waals surface area contributed by atoms with E-state index in [1.54, 1.807) is 23.6 Å². The second-order valence-electron chi connectivity index (χ2n) is 4.31. The highest BCUT2D eigenvalue weighted by Gasteiger charge is 2.07. The highest BCUT2D eigenvalue weighted by molar-refractivity contribution is 7.09. The second kappa shape index (κ2) is 5.09. The van der Waals surface area contributed by atoms with Gasteiger partial charge in [0.1, 0.15) is 0 Å². The van der Waals surface area contributed by atoms with E-state index in [1.165, 1.54) is 6.07 Å². The third-order valence-electron chi connectivity index (χ3n) is 2.89. The van der Waals surface area contributed by atoms with Crippen LogP contribution in [0.5, 0.6) is 0 Å². The molecule has 0 atom stereocenters. The zero-order chi connectivity index (χ0) is 14.1. The molecule has 0 radical (unpaired) electrons. The van der Waals surface area contributed by atoms with Crippen LogP contribution in [0.1, 0.15) is 5.01 Å². The summed E-state index contributed by atoms with van der Waals surface area (Å²) in [4.78, 5) is 8.66. The lowest BCUT2D eigenvalue weighted by Gasteiger charge is -2.03. The van der Waals surface area contributed by atoms with Gasteiger partial charge in [-0.3, -0.25) is 4.98 Å². The van der Waals surface area contributed by atoms with E-state index in [4.69, 9.17) is 0 Å². The molecule has 0 amide bonds. The van der Waals surface area contributed by atoms with Crippen molar-refractivity contribution in [3.05, 3.63) is 58.6 Å². The van der Waals surface area contributed by atoms with Crippen LogP contribution in [-0.2, 0) is 0 Å². The smallest absolute Gasteiger partial charge is 0.159 e. The van der Waals surface area contributed by atoms with Crippen LogP contribution in [0.2, 0.25) is 0 Å². The van der Waals surface area contributed by atoms with E-state index >= 15 is 0 Å². The number of nitrogens with zero attached hydrogens (tertiary/aromatic N) is 2. The van der Waals surface area contributed by atoms with Crippen molar-refractivity contribution < 1.29 is 8.78 Å². The summed E-state index contributed by atoms with van der Waals surface area (Å²) in [5, 5.41) is 2.95. The van der Waals surface area contributed by atoms with Crippen LogP contribution in [0.25, 0.3) is 22.5 Å². The Balaban J connectivity index is 1.94. The summed E-state index contributed by atoms with van der Waals surface area (Å²) in [7, 11) is 0. The van der Waals surface area contributed by atoms with Crippen molar-refractivity contribution in [2.45, 2.75) is 6.92 Å². The fraction of sp³-hybridized carbons (Fsp3) is 0.0667. The maximum atomic E-state index is 13.2. The number of pyridine rings is 1. The molecule has 100 valence electrons. The van der Waals surface area contributed by atoms with E-state index in [-0.39, 0.29) is 0 Å². The summed E-state index contributed by atoms with van der Waals surface area (Å²) < 4.78 is 26.1. The van der Waals surface area contributed by atoms with Gasteiger partial charge in [0.15, 0.2) is 11.6 Å². The summed E-state index contributed by atoms with van der Waals surface area (Å²) in [6.45, 7) is 1.94. The lowest BCUT2D eigenvalue weighted by molar-refractivity contribution is 0.509. The number of benzene rings is 1. The van der Waals surface area contributed by atoms with Crippen LogP contribution < -0.4 is 0 Å². The molecule has 3 aromatic rings. The van der Waals surface area contributed by atoms with E-state index in [2.05, 4.69) is 9.97 Å². The van der Waals surface area contributed by atoms with Crippen LogP contribution in [-0.4, -0.2) is 9.97 Å². The molecule has 0 N–H and O–H groups in total. The standard InChI is InChI=1S/C15H10F2N2S/c1-9-19-15(8-20-9)11-3-5-14(18-7-11)10-2-4-12(16)13(17)6-10/h2-8H,1H3. The van der Waals surface area contributed by atoms with Crippen molar-refractivity contribution in [2.24, 2.45) is 0 Å². The van der Waals surface area contributed by atoms with E-state index in [1.807, 2.05) is 18.4 Å². The SMILES string of the molecule is Cc1nc(-c2ccc(-c3ccc(F)c(F)c3)nc2)cs1. The van der Waals surface area contributed by atoms with E-state index in [0.717, 1.165) is 28.4 Å². The molecule has 2 aromatic heterocycles. The minimum Gasteiger partial charge on any atom is -0.256 e. The monoisotopic (exact) mass is 288 g/mol. The Labute approximate surface area is 118 Å². The Bertz CT molecular complexity index is 751. The highest BCUT2D eigenvalue weighted by atomic mass is 32.1. The number of hydrogen-bond donors (Lipinski definition) is 0. The van der Waals surface area contributed by atoms with Crippen molar-refractivity contribution in [3.8, 4) is 22.5 Å². The van der Waals surface area contributed by atoms with Crippen LogP contribution in [0, 0.1) is 18.6 Å². The molecule has 5 heteroatoms. The van der Waals surface area contributed by atoms with Crippen LogP contribution >= 0.6 is 11.3 Å². The molecule has 0 aliphatic rings. The van der Waals surface area contributed by atoms with Gasteiger partial charge in [-0.15, -0.1) is 11.3 Å². The molecule has 1 aromatic carbocycles. The third-order valence-corrected chi connectivity index (χ3v) is 3.67. The van der Waals surface area contributed by atoms with Crippen LogP contribution in [0.3, 0.4) is 0 Å². The highest BCUT2D eigenvalue weighted by Crippen LogP contribution is 2.24. The number of aromatic nitrogens is 2. The number of aryl methyl sites for hydroxylation is 1. The quantitative estimate of drug-likeness (QED) is 0.696. The van der Waals surface area contributed by atoms with Gasteiger partial charge in [0, 0.05) is 22.7 Å². The first-order chi connectivity index (χ1) is 9.63. The lowest BCUT2D eigenvalue weighted by Crippen LogP contribution is -1.88. The average Bonchev–Trinajstić information content (AvgIpc) is 2.89. The van der Waals surface area contributed by atoms with Gasteiger partial charge in [-0.05, 0) is 37.3 Å². The largest absolute Gasteiger partial charge is 0.256 e. The van der Waals surface area contributed by atoms with E-state index < -0.39 is 11.6 Å². The summed E-state index contributed by atoms with van der Waals surface area (Å²) in [5.74, 6) is -1.73. The molecule has 0 spiro atoms. The Morgan fingerprint density at radius 2 is 1.75 bits per heavy atom. The summed E-state index contributed by atoms with van der Waals surface area (Å²) in [6, 6.07) is 7.40. The fourth-order valence-electron chi connectivity index (χ4n) is 1.87. The maximum Gasteiger partial charge on any atom is 0.159 e. The Morgan fingerprint density at radius 1 is 0.950 bits per heavy atom.